The maximum Gasteiger partial charge on any atom is 0.165 e. The predicted octanol–water partition coefficient (Wildman–Crippen LogP) is 2.58. The number of methoxy groups -OCH3 is 1. The lowest BCUT2D eigenvalue weighted by Crippen LogP contribution is -2.04. The van der Waals surface area contributed by atoms with Crippen LogP contribution in [0.3, 0.4) is 0 Å². The fourth-order valence-electron chi connectivity index (χ4n) is 1.42. The normalized spacial score (nSPS) is 12.3. The molecule has 1 rings (SSSR count). The molecule has 0 aliphatic carbocycles. The Morgan fingerprint density at radius 2 is 2.07 bits per heavy atom. The lowest BCUT2D eigenvalue weighted by molar-refractivity contribution is -0.108. The van der Waals surface area contributed by atoms with Crippen LogP contribution in [0.1, 0.15) is 24.0 Å². The summed E-state index contributed by atoms with van der Waals surface area (Å²) in [6, 6.07) is 1.00. The van der Waals surface area contributed by atoms with Crippen LogP contribution >= 0.6 is 0 Å². The first-order chi connectivity index (χ1) is 7.02. The average molecular weight is 214 g/mol. The molecule has 0 bridgehead atoms. The summed E-state index contributed by atoms with van der Waals surface area (Å²) in [5.74, 6) is -2.02. The molecule has 1 unspecified atom stereocenters. The van der Waals surface area contributed by atoms with Gasteiger partial charge in [-0.3, -0.25) is 0 Å². The molecule has 0 saturated heterocycles. The molecule has 0 N–H and O–H groups in total. The molecule has 1 atom stereocenters. The molecule has 0 radical (unpaired) electrons. The van der Waals surface area contributed by atoms with E-state index < -0.39 is 17.6 Å². The second-order valence-electron chi connectivity index (χ2n) is 3.34. The van der Waals surface area contributed by atoms with Crippen LogP contribution in [0.4, 0.5) is 8.78 Å². The Morgan fingerprint density at radius 1 is 1.47 bits per heavy atom. The van der Waals surface area contributed by atoms with Gasteiger partial charge in [-0.1, -0.05) is 6.92 Å². The summed E-state index contributed by atoms with van der Waals surface area (Å²) >= 11 is 0. The molecule has 0 spiro atoms. The summed E-state index contributed by atoms with van der Waals surface area (Å²) < 4.78 is 31.8. The minimum absolute atomic E-state index is 0.0563. The van der Waals surface area contributed by atoms with Gasteiger partial charge < -0.3 is 9.53 Å². The third-order valence-electron chi connectivity index (χ3n) is 2.32. The molecular weight excluding hydrogens is 202 g/mol. The van der Waals surface area contributed by atoms with Gasteiger partial charge in [-0.25, -0.2) is 8.78 Å². The van der Waals surface area contributed by atoms with Gasteiger partial charge in [0, 0.05) is 17.0 Å². The summed E-state index contributed by atoms with van der Waals surface area (Å²) in [6.45, 7) is 2.93. The zero-order chi connectivity index (χ0) is 11.6. The molecule has 0 amide bonds. The highest BCUT2D eigenvalue weighted by Crippen LogP contribution is 2.30. The monoisotopic (exact) mass is 214 g/mol. The second-order valence-corrected chi connectivity index (χ2v) is 3.34. The molecule has 0 aromatic heterocycles. The SMILES string of the molecule is COc1c(F)cc(C(C)C=O)c(F)c1C. The molecule has 0 fully saturated rings. The summed E-state index contributed by atoms with van der Waals surface area (Å²) in [6.07, 6.45) is 0.573. The molecule has 82 valence electrons. The van der Waals surface area contributed by atoms with Crippen molar-refractivity contribution >= 4 is 6.29 Å². The molecular formula is C11H12F2O2. The van der Waals surface area contributed by atoms with Crippen molar-refractivity contribution in [2.75, 3.05) is 7.11 Å². The number of hydrogen-bond acceptors (Lipinski definition) is 2. The molecule has 2 nitrogen and oxygen atoms in total. The van der Waals surface area contributed by atoms with Gasteiger partial charge in [0.25, 0.3) is 0 Å². The van der Waals surface area contributed by atoms with Gasteiger partial charge in [0.05, 0.1) is 7.11 Å². The van der Waals surface area contributed by atoms with Gasteiger partial charge in [-0.05, 0) is 13.0 Å². The number of hydrogen-bond donors (Lipinski definition) is 0. The van der Waals surface area contributed by atoms with Gasteiger partial charge in [0.2, 0.25) is 0 Å². The van der Waals surface area contributed by atoms with Crippen molar-refractivity contribution in [1.82, 2.24) is 0 Å². The highest BCUT2D eigenvalue weighted by Gasteiger charge is 2.19. The van der Waals surface area contributed by atoms with E-state index in [1.807, 2.05) is 0 Å². The van der Waals surface area contributed by atoms with Gasteiger partial charge in [0.1, 0.15) is 12.1 Å². The molecule has 0 aliphatic heterocycles. The second kappa shape index (κ2) is 4.38. The Morgan fingerprint density at radius 3 is 2.53 bits per heavy atom. The quantitative estimate of drug-likeness (QED) is 0.723. The van der Waals surface area contributed by atoms with E-state index in [1.54, 1.807) is 0 Å². The summed E-state index contributed by atoms with van der Waals surface area (Å²) in [5.41, 5.74) is 0.141. The lowest BCUT2D eigenvalue weighted by Gasteiger charge is -2.12. The lowest BCUT2D eigenvalue weighted by atomic mass is 9.99. The summed E-state index contributed by atoms with van der Waals surface area (Å²) in [4.78, 5) is 10.5. The van der Waals surface area contributed by atoms with E-state index in [4.69, 9.17) is 4.74 Å². The van der Waals surface area contributed by atoms with E-state index in [1.165, 1.54) is 21.0 Å². The fraction of sp³-hybridized carbons (Fsp3) is 0.364. The molecule has 0 heterocycles. The van der Waals surface area contributed by atoms with Crippen molar-refractivity contribution in [2.45, 2.75) is 19.8 Å². The molecule has 1 aromatic carbocycles. The maximum atomic E-state index is 13.7. The Labute approximate surface area is 86.9 Å². The minimum Gasteiger partial charge on any atom is -0.493 e. The first-order valence-electron chi connectivity index (χ1n) is 4.50. The zero-order valence-corrected chi connectivity index (χ0v) is 8.80. The van der Waals surface area contributed by atoms with Crippen LogP contribution in [0.2, 0.25) is 0 Å². The van der Waals surface area contributed by atoms with Crippen LogP contribution in [0.5, 0.6) is 5.75 Å². The smallest absolute Gasteiger partial charge is 0.165 e. The molecule has 0 saturated carbocycles. The van der Waals surface area contributed by atoms with Crippen LogP contribution in [0.25, 0.3) is 0 Å². The van der Waals surface area contributed by atoms with Crippen molar-refractivity contribution in [3.63, 3.8) is 0 Å². The number of carbonyl (C=O) groups is 1. The Balaban J connectivity index is 3.40. The number of aldehydes is 1. The zero-order valence-electron chi connectivity index (χ0n) is 8.80. The van der Waals surface area contributed by atoms with Crippen LogP contribution in [-0.4, -0.2) is 13.4 Å². The number of ether oxygens (including phenoxy) is 1. The van der Waals surface area contributed by atoms with E-state index >= 15 is 0 Å². The van der Waals surface area contributed by atoms with E-state index in [0.29, 0.717) is 6.29 Å². The van der Waals surface area contributed by atoms with Crippen molar-refractivity contribution < 1.29 is 18.3 Å². The maximum absolute atomic E-state index is 13.7. The highest BCUT2D eigenvalue weighted by atomic mass is 19.1. The van der Waals surface area contributed by atoms with Crippen molar-refractivity contribution in [3.8, 4) is 5.75 Å². The Hall–Kier alpha value is -1.45. The first kappa shape index (κ1) is 11.6. The van der Waals surface area contributed by atoms with Crippen LogP contribution in [0, 0.1) is 18.6 Å². The van der Waals surface area contributed by atoms with Crippen LogP contribution in [-0.2, 0) is 4.79 Å². The fourth-order valence-corrected chi connectivity index (χ4v) is 1.42. The van der Waals surface area contributed by atoms with Gasteiger partial charge in [0.15, 0.2) is 11.6 Å². The van der Waals surface area contributed by atoms with Crippen molar-refractivity contribution in [1.29, 1.82) is 0 Å². The van der Waals surface area contributed by atoms with Gasteiger partial charge in [-0.2, -0.15) is 0 Å². The molecule has 1 aromatic rings. The topological polar surface area (TPSA) is 26.3 Å². The number of halogens is 2. The van der Waals surface area contributed by atoms with E-state index in [2.05, 4.69) is 0 Å². The molecule has 4 heteroatoms. The van der Waals surface area contributed by atoms with Crippen LogP contribution < -0.4 is 4.74 Å². The molecule has 0 aliphatic rings. The third-order valence-corrected chi connectivity index (χ3v) is 2.32. The largest absolute Gasteiger partial charge is 0.493 e. The van der Waals surface area contributed by atoms with Crippen LogP contribution in [0.15, 0.2) is 6.07 Å². The molecule has 15 heavy (non-hydrogen) atoms. The number of carbonyl (C=O) groups excluding carboxylic acids is 1. The van der Waals surface area contributed by atoms with E-state index in [9.17, 15) is 13.6 Å². The Bertz CT molecular complexity index is 389. The Kier molecular flexibility index (Phi) is 3.39. The van der Waals surface area contributed by atoms with Gasteiger partial charge in [-0.15, -0.1) is 0 Å². The number of benzene rings is 1. The first-order valence-corrected chi connectivity index (χ1v) is 4.50. The minimum atomic E-state index is -0.663. The predicted molar refractivity (Wildman–Crippen MR) is 52.1 cm³/mol. The van der Waals surface area contributed by atoms with Crippen molar-refractivity contribution in [2.24, 2.45) is 0 Å². The average Bonchev–Trinajstić information content (AvgIpc) is 2.23. The van der Waals surface area contributed by atoms with E-state index in [0.717, 1.165) is 6.07 Å². The van der Waals surface area contributed by atoms with Gasteiger partial charge >= 0.3 is 0 Å². The van der Waals surface area contributed by atoms with Crippen molar-refractivity contribution in [3.05, 3.63) is 28.8 Å². The standard InChI is InChI=1S/C11H12F2O2/c1-6(5-14)8-4-9(12)11(15-3)7(2)10(8)13/h4-6H,1-3H3. The number of rotatable bonds is 3. The summed E-state index contributed by atoms with van der Waals surface area (Å²) in [7, 11) is 1.27. The summed E-state index contributed by atoms with van der Waals surface area (Å²) in [5, 5.41) is 0. The van der Waals surface area contributed by atoms with E-state index in [-0.39, 0.29) is 16.9 Å². The third kappa shape index (κ3) is 1.98. The highest BCUT2D eigenvalue weighted by molar-refractivity contribution is 5.62.